The van der Waals surface area contributed by atoms with Gasteiger partial charge in [0.1, 0.15) is 0 Å². The van der Waals surface area contributed by atoms with Crippen molar-refractivity contribution in [2.75, 3.05) is 0 Å². The summed E-state index contributed by atoms with van der Waals surface area (Å²) in [6, 6.07) is 71.7. The molecule has 0 heterocycles. The van der Waals surface area contributed by atoms with Gasteiger partial charge in [0, 0.05) is 22.7 Å². The molecule has 6 aliphatic rings. The first kappa shape index (κ1) is 41.1. The highest BCUT2D eigenvalue weighted by Gasteiger charge is 2.50. The first-order valence-electron chi connectivity index (χ1n) is 26.1. The summed E-state index contributed by atoms with van der Waals surface area (Å²) in [7, 11) is 0. The van der Waals surface area contributed by atoms with Gasteiger partial charge < -0.3 is 0 Å². The molecule has 6 aliphatic carbocycles. The van der Waals surface area contributed by atoms with Gasteiger partial charge in [-0.05, 0) is 180 Å². The predicted octanol–water partition coefficient (Wildman–Crippen LogP) is 18.8. The Bertz CT molecular complexity index is 4400. The average molecular weight is 927 g/mol. The fourth-order valence-corrected chi connectivity index (χ4v) is 14.5. The maximum Gasteiger partial charge on any atom is 0.0436 e. The summed E-state index contributed by atoms with van der Waals surface area (Å²) in [6.07, 6.45) is 19.1. The quantitative estimate of drug-likeness (QED) is 0.165. The normalized spacial score (nSPS) is 20.3. The van der Waals surface area contributed by atoms with Crippen LogP contribution >= 0.6 is 0 Å². The Morgan fingerprint density at radius 1 is 0.370 bits per heavy atom. The van der Waals surface area contributed by atoms with Crippen molar-refractivity contribution in [2.24, 2.45) is 11.8 Å². The Balaban J connectivity index is 0.955. The molecule has 16 rings (SSSR count). The second-order valence-electron chi connectivity index (χ2n) is 22.0. The zero-order valence-corrected chi connectivity index (χ0v) is 41.2. The van der Waals surface area contributed by atoms with E-state index in [0.29, 0.717) is 11.8 Å². The third kappa shape index (κ3) is 5.56. The molecule has 73 heavy (non-hydrogen) atoms. The van der Waals surface area contributed by atoms with Crippen molar-refractivity contribution >= 4 is 48.7 Å². The van der Waals surface area contributed by atoms with E-state index in [4.69, 9.17) is 0 Å². The highest BCUT2D eigenvalue weighted by Crippen LogP contribution is 2.63. The summed E-state index contributed by atoms with van der Waals surface area (Å²) in [5, 5.41) is 10.1. The molecule has 342 valence electrons. The lowest BCUT2D eigenvalue weighted by Crippen LogP contribution is -2.30. The molecule has 0 spiro atoms. The van der Waals surface area contributed by atoms with Crippen LogP contribution in [0.4, 0.5) is 0 Å². The number of rotatable bonds is 4. The van der Waals surface area contributed by atoms with E-state index in [1.165, 1.54) is 149 Å². The van der Waals surface area contributed by atoms with Gasteiger partial charge in [-0.3, -0.25) is 0 Å². The van der Waals surface area contributed by atoms with Crippen molar-refractivity contribution in [3.05, 3.63) is 292 Å². The van der Waals surface area contributed by atoms with Gasteiger partial charge in [0.05, 0.1) is 0 Å². The minimum atomic E-state index is -0.465. The van der Waals surface area contributed by atoms with Gasteiger partial charge in [0.15, 0.2) is 0 Å². The molecule has 0 nitrogen and oxygen atoms in total. The molecule has 0 bridgehead atoms. The number of hydrogen-bond acceptors (Lipinski definition) is 0. The Kier molecular flexibility index (Phi) is 8.30. The maximum atomic E-state index is 2.65. The van der Waals surface area contributed by atoms with Crippen molar-refractivity contribution in [2.45, 2.75) is 31.6 Å². The van der Waals surface area contributed by atoms with Crippen LogP contribution in [0.5, 0.6) is 0 Å². The van der Waals surface area contributed by atoms with Gasteiger partial charge in [0.25, 0.3) is 0 Å². The molecule has 0 saturated heterocycles. The highest BCUT2D eigenvalue weighted by atomic mass is 14.5. The monoisotopic (exact) mass is 926 g/mol. The summed E-state index contributed by atoms with van der Waals surface area (Å²) < 4.78 is 0. The van der Waals surface area contributed by atoms with Gasteiger partial charge in [-0.1, -0.05) is 226 Å². The minimum absolute atomic E-state index is 0.181. The fourth-order valence-electron chi connectivity index (χ4n) is 14.5. The molecule has 0 amide bonds. The number of fused-ring (bicyclic) bond motifs is 11. The van der Waals surface area contributed by atoms with Crippen molar-refractivity contribution in [3.8, 4) is 44.5 Å². The van der Waals surface area contributed by atoms with Gasteiger partial charge >= 0.3 is 0 Å². The van der Waals surface area contributed by atoms with Gasteiger partial charge in [0.2, 0.25) is 0 Å². The molecule has 0 radical (unpaired) electrons. The Morgan fingerprint density at radius 2 is 1.01 bits per heavy atom. The van der Waals surface area contributed by atoms with Crippen molar-refractivity contribution < 1.29 is 0 Å². The third-order valence-electron chi connectivity index (χ3n) is 18.1. The van der Waals surface area contributed by atoms with Gasteiger partial charge in [-0.15, -0.1) is 0 Å². The number of benzene rings is 10. The van der Waals surface area contributed by atoms with E-state index >= 15 is 0 Å². The number of allylic oxidation sites excluding steroid dienone is 14. The SMILES string of the molecule is CC1(C)C2=CC3=CC=C4C=CC=C5C=CC(=C2c2cc6c(cc21)-c1c(ccc2ccccc12)C6(C)c1cccc(-c2c(-c6cccc7ccccc67)ccc6ccc(-c7cccc8ccccc78)cc26)c1)C3C54. The topological polar surface area (TPSA) is 0 Å². The van der Waals surface area contributed by atoms with Gasteiger partial charge in [-0.2, -0.15) is 0 Å². The lowest BCUT2D eigenvalue weighted by molar-refractivity contribution is 0.559. The molecule has 0 N–H and O–H groups in total. The van der Waals surface area contributed by atoms with Crippen molar-refractivity contribution in [1.29, 1.82) is 0 Å². The summed E-state index contributed by atoms with van der Waals surface area (Å²) in [6.45, 7) is 7.45. The number of hydrogen-bond donors (Lipinski definition) is 0. The predicted molar refractivity (Wildman–Crippen MR) is 308 cm³/mol. The largest absolute Gasteiger partial charge is 0.0617 e. The molecular formula is C73H50. The summed E-state index contributed by atoms with van der Waals surface area (Å²) in [5.41, 5.74) is 25.1. The summed E-state index contributed by atoms with van der Waals surface area (Å²) in [5.74, 6) is 0.674. The third-order valence-corrected chi connectivity index (χ3v) is 18.1. The zero-order chi connectivity index (χ0) is 48.3. The van der Waals surface area contributed by atoms with Crippen LogP contribution in [-0.2, 0) is 10.8 Å². The Hall–Kier alpha value is -8.58. The van der Waals surface area contributed by atoms with Crippen molar-refractivity contribution in [1.82, 2.24) is 0 Å². The summed E-state index contributed by atoms with van der Waals surface area (Å²) in [4.78, 5) is 0. The molecule has 0 aromatic heterocycles. The van der Waals surface area contributed by atoms with Crippen LogP contribution in [-0.4, -0.2) is 0 Å². The lowest BCUT2D eigenvalue weighted by Gasteiger charge is -2.42. The molecule has 0 heteroatoms. The second kappa shape index (κ2) is 14.8. The molecule has 0 aliphatic heterocycles. The van der Waals surface area contributed by atoms with E-state index in [1.54, 1.807) is 0 Å². The first-order chi connectivity index (χ1) is 35.8. The van der Waals surface area contributed by atoms with Crippen LogP contribution in [0.2, 0.25) is 0 Å². The van der Waals surface area contributed by atoms with E-state index in [1.807, 2.05) is 0 Å². The molecule has 10 aromatic carbocycles. The smallest absolute Gasteiger partial charge is 0.0436 e. The van der Waals surface area contributed by atoms with E-state index in [0.717, 1.165) is 0 Å². The van der Waals surface area contributed by atoms with Crippen LogP contribution in [0.25, 0.3) is 93.2 Å². The Labute approximate surface area is 426 Å². The second-order valence-corrected chi connectivity index (χ2v) is 22.0. The molecule has 3 unspecified atom stereocenters. The lowest BCUT2D eigenvalue weighted by atomic mass is 9.61. The molecule has 0 saturated carbocycles. The summed E-state index contributed by atoms with van der Waals surface area (Å²) >= 11 is 0. The molecule has 0 fully saturated rings. The van der Waals surface area contributed by atoms with E-state index in [9.17, 15) is 0 Å². The fraction of sp³-hybridized carbons (Fsp3) is 0.0959. The standard InChI is InChI=1S/C73H50/c1-72(2)64-41-62-65(42-61(64)71-59-36-33-48-20-10-19-47-29-31-51(40-66(71)72)69(59)67(47)48)73(3,63-37-34-45-16-6-9-25-56(45)70(62)63)52-22-11-21-50(38-52)68-58(57-27-13-18-44-15-5-8-24-54(44)57)35-32-46-28-30-49(39-60(46)68)55-26-12-17-43-14-4-7-23-53(43)55/h4-42,67,69H,1-3H3. The van der Waals surface area contributed by atoms with E-state index in [2.05, 4.69) is 257 Å². The van der Waals surface area contributed by atoms with Crippen LogP contribution in [0.15, 0.2) is 265 Å². The highest BCUT2D eigenvalue weighted by molar-refractivity contribution is 6.11. The van der Waals surface area contributed by atoms with Crippen LogP contribution in [0, 0.1) is 11.8 Å². The zero-order valence-electron chi connectivity index (χ0n) is 41.2. The van der Waals surface area contributed by atoms with Crippen LogP contribution in [0.3, 0.4) is 0 Å². The van der Waals surface area contributed by atoms with E-state index < -0.39 is 5.41 Å². The molecule has 10 aromatic rings. The van der Waals surface area contributed by atoms with Crippen molar-refractivity contribution in [3.63, 3.8) is 0 Å². The van der Waals surface area contributed by atoms with Gasteiger partial charge in [-0.25, -0.2) is 0 Å². The Morgan fingerprint density at radius 3 is 1.84 bits per heavy atom. The maximum absolute atomic E-state index is 2.65. The van der Waals surface area contributed by atoms with Crippen LogP contribution in [0.1, 0.15) is 48.6 Å². The van der Waals surface area contributed by atoms with Crippen LogP contribution < -0.4 is 0 Å². The van der Waals surface area contributed by atoms with E-state index in [-0.39, 0.29) is 5.41 Å². The molecule has 3 atom stereocenters. The molecular weight excluding hydrogens is 877 g/mol. The first-order valence-corrected chi connectivity index (χ1v) is 26.1. The average Bonchev–Trinajstić information content (AvgIpc) is 3.92. The minimum Gasteiger partial charge on any atom is -0.0617 e.